The van der Waals surface area contributed by atoms with Gasteiger partial charge in [-0.3, -0.25) is 4.79 Å². The first-order valence-corrected chi connectivity index (χ1v) is 7.26. The highest BCUT2D eigenvalue weighted by molar-refractivity contribution is 14.1. The number of phenolic OH excluding ortho intramolecular Hbond substituents is 1. The Bertz CT molecular complexity index is 647. The highest BCUT2D eigenvalue weighted by Gasteiger charge is 2.09. The molecule has 1 amide bonds. The second-order valence-corrected chi connectivity index (χ2v) is 5.87. The smallest absolute Gasteiger partial charge is 0.255 e. The van der Waals surface area contributed by atoms with Crippen molar-refractivity contribution in [2.75, 3.05) is 5.32 Å². The average Bonchev–Trinajstić information content (AvgIpc) is 2.37. The van der Waals surface area contributed by atoms with Gasteiger partial charge in [0.2, 0.25) is 0 Å². The Kier molecular flexibility index (Phi) is 4.41. The highest BCUT2D eigenvalue weighted by atomic mass is 127. The number of anilines is 1. The lowest BCUT2D eigenvalue weighted by molar-refractivity contribution is 0.102. The lowest BCUT2D eigenvalue weighted by atomic mass is 10.2. The number of nitrogens with zero attached hydrogens (tertiary/aromatic N) is 1. The maximum Gasteiger partial charge on any atom is 0.255 e. The first kappa shape index (κ1) is 14.3. The molecule has 0 aliphatic rings. The number of halogens is 2. The van der Waals surface area contributed by atoms with Crippen LogP contribution in [0.4, 0.5) is 5.69 Å². The lowest BCUT2D eigenvalue weighted by Crippen LogP contribution is -2.12. The van der Waals surface area contributed by atoms with Crippen LogP contribution in [-0.4, -0.2) is 16.0 Å². The summed E-state index contributed by atoms with van der Waals surface area (Å²) in [6.07, 6.45) is 1.57. The van der Waals surface area contributed by atoms with Crippen LogP contribution in [0.5, 0.6) is 5.75 Å². The predicted molar refractivity (Wildman–Crippen MR) is 85.5 cm³/mol. The summed E-state index contributed by atoms with van der Waals surface area (Å²) in [5.41, 5.74) is 1.95. The van der Waals surface area contributed by atoms with E-state index in [1.165, 1.54) is 6.07 Å². The lowest BCUT2D eigenvalue weighted by Gasteiger charge is -2.07. The number of phenols is 1. The van der Waals surface area contributed by atoms with Gasteiger partial charge in [-0.15, -0.1) is 0 Å². The fourth-order valence-electron chi connectivity index (χ4n) is 1.48. The molecule has 0 atom stereocenters. The minimum absolute atomic E-state index is 0.0957. The molecule has 0 spiro atoms. The zero-order valence-electron chi connectivity index (χ0n) is 9.95. The molecule has 1 aromatic heterocycles. The van der Waals surface area contributed by atoms with Crippen LogP contribution in [0.1, 0.15) is 15.9 Å². The van der Waals surface area contributed by atoms with Crippen molar-refractivity contribution in [2.45, 2.75) is 6.92 Å². The monoisotopic (exact) mass is 432 g/mol. The molecule has 4 nitrogen and oxygen atoms in total. The van der Waals surface area contributed by atoms with Gasteiger partial charge in [-0.25, -0.2) is 4.98 Å². The number of aromatic hydroxyl groups is 1. The van der Waals surface area contributed by atoms with Crippen LogP contribution in [0.3, 0.4) is 0 Å². The fourth-order valence-corrected chi connectivity index (χ4v) is 2.04. The third-order valence-corrected chi connectivity index (χ3v) is 4.22. The second-order valence-electron chi connectivity index (χ2n) is 3.95. The quantitative estimate of drug-likeness (QED) is 0.561. The molecule has 0 fully saturated rings. The molecule has 2 N–H and O–H groups in total. The molecule has 2 rings (SSSR count). The van der Waals surface area contributed by atoms with Crippen molar-refractivity contribution in [2.24, 2.45) is 0 Å². The third-order valence-electron chi connectivity index (χ3n) is 2.48. The molecule has 0 unspecified atom stereocenters. The Labute approximate surface area is 132 Å². The van der Waals surface area contributed by atoms with Crippen LogP contribution in [0.15, 0.2) is 35.1 Å². The van der Waals surface area contributed by atoms with E-state index in [4.69, 9.17) is 0 Å². The minimum atomic E-state index is -0.282. The topological polar surface area (TPSA) is 62.2 Å². The fraction of sp³-hybridized carbons (Fsp3) is 0.0769. The van der Waals surface area contributed by atoms with E-state index in [2.05, 4.69) is 26.2 Å². The molecule has 0 radical (unpaired) electrons. The second kappa shape index (κ2) is 5.87. The van der Waals surface area contributed by atoms with Crippen molar-refractivity contribution in [1.29, 1.82) is 0 Å². The normalized spacial score (nSPS) is 10.3. The number of benzene rings is 1. The molecule has 0 aliphatic carbocycles. The van der Waals surface area contributed by atoms with E-state index < -0.39 is 0 Å². The first-order chi connectivity index (χ1) is 8.97. The summed E-state index contributed by atoms with van der Waals surface area (Å²) < 4.78 is 1.45. The molecule has 0 aliphatic heterocycles. The van der Waals surface area contributed by atoms with Crippen LogP contribution in [-0.2, 0) is 0 Å². The van der Waals surface area contributed by atoms with Gasteiger partial charge in [0, 0.05) is 5.56 Å². The van der Waals surface area contributed by atoms with Gasteiger partial charge in [0.25, 0.3) is 5.91 Å². The summed E-state index contributed by atoms with van der Waals surface area (Å²) in [7, 11) is 0. The molecule has 6 heteroatoms. The number of amides is 1. The summed E-state index contributed by atoms with van der Waals surface area (Å²) in [5.74, 6) is -0.186. The highest BCUT2D eigenvalue weighted by Crippen LogP contribution is 2.22. The Hall–Kier alpha value is -1.15. The molecule has 0 saturated carbocycles. The van der Waals surface area contributed by atoms with Crippen LogP contribution in [0.25, 0.3) is 0 Å². The van der Waals surface area contributed by atoms with Crippen molar-refractivity contribution in [3.05, 3.63) is 49.8 Å². The van der Waals surface area contributed by atoms with Crippen LogP contribution in [0.2, 0.25) is 0 Å². The predicted octanol–water partition coefficient (Wildman–Crippen LogP) is 3.72. The third kappa shape index (κ3) is 3.44. The van der Waals surface area contributed by atoms with E-state index in [0.717, 1.165) is 10.2 Å². The van der Waals surface area contributed by atoms with E-state index in [-0.39, 0.29) is 11.7 Å². The van der Waals surface area contributed by atoms with Crippen molar-refractivity contribution in [3.8, 4) is 5.75 Å². The molecular formula is C13H10BrIN2O2. The summed E-state index contributed by atoms with van der Waals surface area (Å²) in [6.45, 7) is 1.89. The number of hydrogen-bond donors (Lipinski definition) is 2. The van der Waals surface area contributed by atoms with Crippen LogP contribution >= 0.6 is 38.5 Å². The molecule has 2 aromatic rings. The number of carbonyl (C=O) groups is 1. The molecule has 19 heavy (non-hydrogen) atoms. The van der Waals surface area contributed by atoms with Gasteiger partial charge in [0.05, 0.1) is 15.5 Å². The van der Waals surface area contributed by atoms with Crippen LogP contribution in [0, 0.1) is 10.5 Å². The van der Waals surface area contributed by atoms with Gasteiger partial charge in [-0.05, 0) is 75.3 Å². The zero-order valence-corrected chi connectivity index (χ0v) is 13.7. The Balaban J connectivity index is 2.20. The summed E-state index contributed by atoms with van der Waals surface area (Å²) >= 11 is 5.30. The van der Waals surface area contributed by atoms with E-state index in [9.17, 15) is 9.90 Å². The maximum atomic E-state index is 12.0. The number of nitrogens with one attached hydrogen (secondary N) is 1. The Morgan fingerprint density at radius 2 is 2.16 bits per heavy atom. The van der Waals surface area contributed by atoms with Crippen LogP contribution < -0.4 is 5.32 Å². The summed E-state index contributed by atoms with van der Waals surface area (Å²) in [6, 6.07) is 6.61. The zero-order chi connectivity index (χ0) is 14.0. The number of aryl methyl sites for hydroxylation is 1. The van der Waals surface area contributed by atoms with E-state index in [1.807, 2.05) is 35.6 Å². The van der Waals surface area contributed by atoms with Gasteiger partial charge in [0.15, 0.2) is 0 Å². The van der Waals surface area contributed by atoms with Crippen molar-refractivity contribution >= 4 is 50.1 Å². The van der Waals surface area contributed by atoms with E-state index in [0.29, 0.717) is 14.8 Å². The SMILES string of the molecule is Cc1cc(NC(=O)c2ccc(I)c(O)c2)cnc1Br. The molecule has 1 aromatic carbocycles. The van der Waals surface area contributed by atoms with E-state index >= 15 is 0 Å². The van der Waals surface area contributed by atoms with Gasteiger partial charge in [-0.1, -0.05) is 0 Å². The van der Waals surface area contributed by atoms with Gasteiger partial charge < -0.3 is 10.4 Å². The van der Waals surface area contributed by atoms with Gasteiger partial charge in [0.1, 0.15) is 10.4 Å². The largest absolute Gasteiger partial charge is 0.507 e. The van der Waals surface area contributed by atoms with Crippen molar-refractivity contribution in [3.63, 3.8) is 0 Å². The number of rotatable bonds is 2. The molecular weight excluding hydrogens is 423 g/mol. The number of pyridine rings is 1. The number of aromatic nitrogens is 1. The first-order valence-electron chi connectivity index (χ1n) is 5.39. The maximum absolute atomic E-state index is 12.0. The Morgan fingerprint density at radius 3 is 2.79 bits per heavy atom. The van der Waals surface area contributed by atoms with E-state index in [1.54, 1.807) is 18.3 Å². The molecule has 1 heterocycles. The average molecular weight is 433 g/mol. The molecule has 0 saturated heterocycles. The Morgan fingerprint density at radius 1 is 1.42 bits per heavy atom. The minimum Gasteiger partial charge on any atom is -0.507 e. The number of carbonyl (C=O) groups excluding carboxylic acids is 1. The molecule has 98 valence electrons. The van der Waals surface area contributed by atoms with Gasteiger partial charge >= 0.3 is 0 Å². The van der Waals surface area contributed by atoms with Gasteiger partial charge in [-0.2, -0.15) is 0 Å². The van der Waals surface area contributed by atoms with Crippen molar-refractivity contribution in [1.82, 2.24) is 4.98 Å². The molecule has 0 bridgehead atoms. The number of hydrogen-bond acceptors (Lipinski definition) is 3. The van der Waals surface area contributed by atoms with Crippen molar-refractivity contribution < 1.29 is 9.90 Å². The summed E-state index contributed by atoms with van der Waals surface area (Å²) in [4.78, 5) is 16.1. The standard InChI is InChI=1S/C13H10BrIN2O2/c1-7-4-9(6-16-12(7)14)17-13(19)8-2-3-10(15)11(18)5-8/h2-6,18H,1H3,(H,17,19). The summed E-state index contributed by atoms with van der Waals surface area (Å²) in [5, 5.41) is 12.3.